The Kier molecular flexibility index (Phi) is 5.06. The lowest BCUT2D eigenvalue weighted by Crippen LogP contribution is -2.22. The zero-order chi connectivity index (χ0) is 15.2. The Morgan fingerprint density at radius 3 is 2.29 bits per heavy atom. The maximum absolute atomic E-state index is 11.1. The Balaban J connectivity index is 2.09. The molecule has 0 saturated heterocycles. The molecule has 110 valence electrons. The molecule has 0 saturated carbocycles. The van der Waals surface area contributed by atoms with E-state index in [-0.39, 0.29) is 36.1 Å². The van der Waals surface area contributed by atoms with Gasteiger partial charge < -0.3 is 20.8 Å². The maximum atomic E-state index is 11.1. The summed E-state index contributed by atoms with van der Waals surface area (Å²) in [5.41, 5.74) is 5.55. The predicted molar refractivity (Wildman–Crippen MR) is 71.4 cm³/mol. The minimum atomic E-state index is -2.14. The highest BCUT2D eigenvalue weighted by molar-refractivity contribution is 7.44. The second-order valence-corrected chi connectivity index (χ2v) is 4.78. The van der Waals surface area contributed by atoms with Gasteiger partial charge in [-0.1, -0.05) is 0 Å². The molecule has 0 aliphatic carbocycles. The van der Waals surface area contributed by atoms with Gasteiger partial charge in [0.1, 0.15) is 0 Å². The number of nitrogens with zero attached hydrogens (tertiary/aromatic N) is 6. The highest BCUT2D eigenvalue weighted by atomic mass is 31.2. The van der Waals surface area contributed by atoms with Crippen molar-refractivity contribution in [2.24, 2.45) is 5.73 Å². The number of amides is 1. The van der Waals surface area contributed by atoms with E-state index in [9.17, 15) is 4.79 Å². The lowest BCUT2D eigenvalue weighted by molar-refractivity contribution is -0.114. The van der Waals surface area contributed by atoms with E-state index in [1.165, 1.54) is 12.4 Å². The van der Waals surface area contributed by atoms with E-state index < -0.39 is 8.38 Å². The van der Waals surface area contributed by atoms with Gasteiger partial charge >= 0.3 is 0 Å². The third-order valence-electron chi connectivity index (χ3n) is 2.12. The van der Waals surface area contributed by atoms with E-state index >= 15 is 0 Å². The minimum Gasteiger partial charge on any atom is -0.350 e. The summed E-state index contributed by atoms with van der Waals surface area (Å²) in [5, 5.41) is 17.3. The fourth-order valence-corrected chi connectivity index (χ4v) is 1.63. The number of nitrogens with one attached hydrogen (secondary N) is 1. The molecule has 0 aliphatic heterocycles. The summed E-state index contributed by atoms with van der Waals surface area (Å²) in [6, 6.07) is 0. The van der Waals surface area contributed by atoms with Crippen LogP contribution in [0, 0.1) is 0 Å². The van der Waals surface area contributed by atoms with Crippen molar-refractivity contribution in [3.05, 3.63) is 18.2 Å². The molecule has 0 atom stereocenters. The summed E-state index contributed by atoms with van der Waals surface area (Å²) in [6.07, 6.45) is 2.63. The summed E-state index contributed by atoms with van der Waals surface area (Å²) >= 11 is 0. The fraction of sp³-hybridized carbons (Fsp3) is 0.222. The molecule has 1 amide bonds. The molecule has 0 aliphatic rings. The summed E-state index contributed by atoms with van der Waals surface area (Å²) < 4.78 is 0. The number of carbonyl (C=O) groups is 1. The highest BCUT2D eigenvalue weighted by Gasteiger charge is 2.10. The van der Waals surface area contributed by atoms with Gasteiger partial charge in [0.2, 0.25) is 17.6 Å². The SMILES string of the molecule is NCC(=O)Nc1cnc(-c2nnc(CP(O)O)nn2)nc1. The van der Waals surface area contributed by atoms with Gasteiger partial charge in [-0.25, -0.2) is 9.97 Å². The molecule has 2 aromatic rings. The average molecular weight is 310 g/mol. The van der Waals surface area contributed by atoms with Crippen molar-refractivity contribution in [3.8, 4) is 11.6 Å². The van der Waals surface area contributed by atoms with Crippen LogP contribution < -0.4 is 11.1 Å². The van der Waals surface area contributed by atoms with Gasteiger partial charge in [-0.2, -0.15) is 0 Å². The van der Waals surface area contributed by atoms with Gasteiger partial charge in [0, 0.05) is 0 Å². The predicted octanol–water partition coefficient (Wildman–Crippen LogP) is -1.58. The van der Waals surface area contributed by atoms with Crippen LogP contribution in [0.2, 0.25) is 0 Å². The monoisotopic (exact) mass is 310 g/mol. The Hall–Kier alpha value is -2.20. The number of anilines is 1. The first-order valence-corrected chi connectivity index (χ1v) is 7.05. The Labute approximate surface area is 119 Å². The molecule has 2 rings (SSSR count). The van der Waals surface area contributed by atoms with Crippen LogP contribution in [0.25, 0.3) is 11.6 Å². The molecule has 5 N–H and O–H groups in total. The van der Waals surface area contributed by atoms with Crippen LogP contribution in [-0.4, -0.2) is 52.6 Å². The van der Waals surface area contributed by atoms with Crippen LogP contribution in [0.15, 0.2) is 12.4 Å². The summed E-state index contributed by atoms with van der Waals surface area (Å²) in [4.78, 5) is 36.7. The van der Waals surface area contributed by atoms with Gasteiger partial charge in [0.15, 0.2) is 14.2 Å². The molecular formula is C9H11N8O3P. The molecule has 2 heterocycles. The van der Waals surface area contributed by atoms with Crippen molar-refractivity contribution in [1.29, 1.82) is 0 Å². The van der Waals surface area contributed by atoms with Crippen LogP contribution in [-0.2, 0) is 11.0 Å². The molecule has 2 aromatic heterocycles. The topological polar surface area (TPSA) is 173 Å². The standard InChI is InChI=1S/C9H11N8O3P/c10-1-7(18)13-5-2-11-8(12-3-5)9-16-14-6(15-17-9)4-21(19)20/h2-3,19-20H,1,4,10H2,(H,13,18). The minimum absolute atomic E-state index is 0.0793. The van der Waals surface area contributed by atoms with Gasteiger partial charge in [-0.15, -0.1) is 20.4 Å². The molecular weight excluding hydrogens is 299 g/mol. The second-order valence-electron chi connectivity index (χ2n) is 3.72. The van der Waals surface area contributed by atoms with Crippen molar-refractivity contribution in [1.82, 2.24) is 30.4 Å². The Morgan fingerprint density at radius 1 is 1.14 bits per heavy atom. The van der Waals surface area contributed by atoms with Gasteiger partial charge in [-0.3, -0.25) is 4.79 Å². The summed E-state index contributed by atoms with van der Waals surface area (Å²) in [7, 11) is -2.14. The van der Waals surface area contributed by atoms with E-state index in [0.29, 0.717) is 5.69 Å². The zero-order valence-corrected chi connectivity index (χ0v) is 11.5. The van der Waals surface area contributed by atoms with E-state index in [1.807, 2.05) is 0 Å². The second kappa shape index (κ2) is 6.99. The van der Waals surface area contributed by atoms with E-state index in [0.717, 1.165) is 0 Å². The molecule has 12 heteroatoms. The highest BCUT2D eigenvalue weighted by Crippen LogP contribution is 2.26. The first kappa shape index (κ1) is 15.2. The molecule has 21 heavy (non-hydrogen) atoms. The van der Waals surface area contributed by atoms with Gasteiger partial charge in [0.25, 0.3) is 0 Å². The smallest absolute Gasteiger partial charge is 0.240 e. The zero-order valence-electron chi connectivity index (χ0n) is 10.6. The number of rotatable bonds is 5. The van der Waals surface area contributed by atoms with Gasteiger partial charge in [-0.05, 0) is 0 Å². The lowest BCUT2D eigenvalue weighted by Gasteiger charge is -2.03. The van der Waals surface area contributed by atoms with Crippen LogP contribution in [0.5, 0.6) is 0 Å². The first-order valence-electron chi connectivity index (χ1n) is 5.62. The third-order valence-corrected chi connectivity index (χ3v) is 2.69. The molecule has 0 unspecified atom stereocenters. The number of hydrogen-bond acceptors (Lipinski definition) is 10. The van der Waals surface area contributed by atoms with Crippen molar-refractivity contribution < 1.29 is 14.6 Å². The molecule has 11 nitrogen and oxygen atoms in total. The van der Waals surface area contributed by atoms with Crippen molar-refractivity contribution in [3.63, 3.8) is 0 Å². The largest absolute Gasteiger partial charge is 0.350 e. The normalized spacial score (nSPS) is 10.7. The van der Waals surface area contributed by atoms with E-state index in [2.05, 4.69) is 35.7 Å². The van der Waals surface area contributed by atoms with Gasteiger partial charge in [0.05, 0.1) is 30.8 Å². The molecule has 0 aromatic carbocycles. The molecule has 0 radical (unpaired) electrons. The Bertz CT molecular complexity index is 605. The quantitative estimate of drug-likeness (QED) is 0.472. The molecule has 0 fully saturated rings. The lowest BCUT2D eigenvalue weighted by atomic mass is 10.4. The Morgan fingerprint density at radius 2 is 1.76 bits per heavy atom. The summed E-state index contributed by atoms with van der Waals surface area (Å²) in [5.74, 6) is -0.000278. The number of nitrogens with two attached hydrogens (primary N) is 1. The van der Waals surface area contributed by atoms with Crippen molar-refractivity contribution in [2.75, 3.05) is 11.9 Å². The fourth-order valence-electron chi connectivity index (χ4n) is 1.25. The summed E-state index contributed by atoms with van der Waals surface area (Å²) in [6.45, 7) is -0.140. The van der Waals surface area contributed by atoms with Crippen LogP contribution >= 0.6 is 8.38 Å². The third kappa shape index (κ3) is 4.39. The van der Waals surface area contributed by atoms with Crippen LogP contribution in [0.3, 0.4) is 0 Å². The maximum Gasteiger partial charge on any atom is 0.240 e. The average Bonchev–Trinajstić information content (AvgIpc) is 2.48. The van der Waals surface area contributed by atoms with Crippen LogP contribution in [0.4, 0.5) is 5.69 Å². The number of hydrogen-bond donors (Lipinski definition) is 4. The van der Waals surface area contributed by atoms with Crippen LogP contribution in [0.1, 0.15) is 5.82 Å². The number of carbonyl (C=O) groups excluding carboxylic acids is 1. The van der Waals surface area contributed by atoms with E-state index in [4.69, 9.17) is 15.5 Å². The van der Waals surface area contributed by atoms with Crippen molar-refractivity contribution in [2.45, 2.75) is 6.16 Å². The number of aromatic nitrogens is 6. The molecule has 0 bridgehead atoms. The van der Waals surface area contributed by atoms with Crippen molar-refractivity contribution >= 4 is 20.0 Å². The first-order chi connectivity index (χ1) is 10.1. The van der Waals surface area contributed by atoms with E-state index in [1.54, 1.807) is 0 Å². The molecule has 0 spiro atoms.